The molecule has 0 saturated heterocycles. The van der Waals surface area contributed by atoms with Crippen LogP contribution in [0.3, 0.4) is 0 Å². The van der Waals surface area contributed by atoms with Crippen LogP contribution in [0.1, 0.15) is 23.1 Å². The van der Waals surface area contributed by atoms with Crippen LogP contribution in [0.25, 0.3) is 55.3 Å². The summed E-state index contributed by atoms with van der Waals surface area (Å²) in [4.78, 5) is 2.44. The second-order valence-corrected chi connectivity index (χ2v) is 15.2. The third-order valence-electron chi connectivity index (χ3n) is 12.2. The summed E-state index contributed by atoms with van der Waals surface area (Å²) in [6, 6.07) is 70.6. The molecule has 0 aliphatic heterocycles. The fraction of sp³-hybridized carbons (Fsp3) is 0.0545. The summed E-state index contributed by atoms with van der Waals surface area (Å²) < 4.78 is 6.82. The highest BCUT2D eigenvalue weighted by Crippen LogP contribution is 2.59. The Morgan fingerprint density at radius 1 is 0.491 bits per heavy atom. The van der Waals surface area contributed by atoms with E-state index < -0.39 is 5.41 Å². The Labute approximate surface area is 333 Å². The van der Waals surface area contributed by atoms with E-state index in [1.807, 2.05) is 6.07 Å². The molecule has 1 heterocycles. The normalized spacial score (nSPS) is 16.8. The molecule has 2 atom stereocenters. The van der Waals surface area contributed by atoms with Gasteiger partial charge in [-0.1, -0.05) is 176 Å². The van der Waals surface area contributed by atoms with Crippen molar-refractivity contribution in [2.45, 2.75) is 11.8 Å². The van der Waals surface area contributed by atoms with Crippen molar-refractivity contribution >= 4 is 39.0 Å². The van der Waals surface area contributed by atoms with Crippen molar-refractivity contribution in [1.29, 1.82) is 0 Å². The highest BCUT2D eigenvalue weighted by molar-refractivity contribution is 6.13. The van der Waals surface area contributed by atoms with Gasteiger partial charge in [0.2, 0.25) is 0 Å². The standard InChI is InChI=1S/C55H39NO/c1-5-17-38(18-6-1)39-29-31-43(32-30-39)56(51-36-35-48-47-26-14-16-28-52(47)57-54(48)53(51)40-19-7-2-8-20-40)44-33-34-46-45-25-13-15-27-49(45)55(50(46)37-44,41-21-9-3-10-22-41)42-23-11-4-12-24-42/h1-23,25-37,42H,24H2. The minimum Gasteiger partial charge on any atom is -0.455 e. The topological polar surface area (TPSA) is 16.4 Å². The molecule has 0 N–H and O–H groups in total. The number of furan rings is 1. The third-order valence-corrected chi connectivity index (χ3v) is 12.2. The summed E-state index contributed by atoms with van der Waals surface area (Å²) in [5.41, 5.74) is 15.7. The first kappa shape index (κ1) is 33.2. The van der Waals surface area contributed by atoms with Gasteiger partial charge >= 0.3 is 0 Å². The Kier molecular flexibility index (Phi) is 7.89. The maximum absolute atomic E-state index is 6.82. The first-order chi connectivity index (χ1) is 28.3. The summed E-state index contributed by atoms with van der Waals surface area (Å²) in [7, 11) is 0. The molecular weight excluding hydrogens is 691 g/mol. The quantitative estimate of drug-likeness (QED) is 0.162. The predicted octanol–water partition coefficient (Wildman–Crippen LogP) is 14.8. The average molecular weight is 730 g/mol. The maximum atomic E-state index is 6.82. The van der Waals surface area contributed by atoms with E-state index in [0.29, 0.717) is 0 Å². The van der Waals surface area contributed by atoms with Gasteiger partial charge in [0.15, 0.2) is 0 Å². The average Bonchev–Trinajstić information content (AvgIpc) is 3.81. The van der Waals surface area contributed by atoms with Crippen molar-refractivity contribution in [2.24, 2.45) is 5.92 Å². The van der Waals surface area contributed by atoms with E-state index in [1.165, 1.54) is 38.9 Å². The van der Waals surface area contributed by atoms with Crippen LogP contribution in [0.4, 0.5) is 17.1 Å². The Morgan fingerprint density at radius 3 is 1.91 bits per heavy atom. The molecule has 0 amide bonds. The largest absolute Gasteiger partial charge is 0.455 e. The zero-order valence-corrected chi connectivity index (χ0v) is 31.4. The zero-order valence-electron chi connectivity index (χ0n) is 31.4. The van der Waals surface area contributed by atoms with Crippen LogP contribution in [0, 0.1) is 5.92 Å². The smallest absolute Gasteiger partial charge is 0.145 e. The van der Waals surface area contributed by atoms with Crippen molar-refractivity contribution in [1.82, 2.24) is 0 Å². The molecule has 2 unspecified atom stereocenters. The van der Waals surface area contributed by atoms with Gasteiger partial charge in [-0.15, -0.1) is 0 Å². The predicted molar refractivity (Wildman–Crippen MR) is 237 cm³/mol. The monoisotopic (exact) mass is 729 g/mol. The fourth-order valence-electron chi connectivity index (χ4n) is 9.68. The number of rotatable bonds is 7. The number of hydrogen-bond donors (Lipinski definition) is 0. The summed E-state index contributed by atoms with van der Waals surface area (Å²) in [5.74, 6) is 0.230. The van der Waals surface area contributed by atoms with Crippen molar-refractivity contribution < 1.29 is 4.42 Å². The van der Waals surface area contributed by atoms with Crippen LogP contribution >= 0.6 is 0 Å². The minimum absolute atomic E-state index is 0.230. The fourth-order valence-corrected chi connectivity index (χ4v) is 9.68. The number of fused-ring (bicyclic) bond motifs is 6. The lowest BCUT2D eigenvalue weighted by Crippen LogP contribution is -2.35. The van der Waals surface area contributed by atoms with Gasteiger partial charge in [0.1, 0.15) is 11.2 Å². The van der Waals surface area contributed by atoms with Gasteiger partial charge in [0.05, 0.1) is 11.1 Å². The van der Waals surface area contributed by atoms with E-state index in [-0.39, 0.29) is 5.92 Å². The molecule has 11 rings (SSSR count). The third kappa shape index (κ3) is 5.25. The van der Waals surface area contributed by atoms with Gasteiger partial charge in [-0.2, -0.15) is 0 Å². The van der Waals surface area contributed by atoms with Crippen molar-refractivity contribution in [3.63, 3.8) is 0 Å². The molecule has 0 bridgehead atoms. The molecule has 57 heavy (non-hydrogen) atoms. The van der Waals surface area contributed by atoms with Crippen LogP contribution in [0.15, 0.2) is 223 Å². The number of hydrogen-bond acceptors (Lipinski definition) is 2. The molecule has 2 aliphatic rings. The van der Waals surface area contributed by atoms with Crippen LogP contribution in [0.2, 0.25) is 0 Å². The van der Waals surface area contributed by atoms with Gasteiger partial charge in [0.25, 0.3) is 0 Å². The maximum Gasteiger partial charge on any atom is 0.145 e. The first-order valence-corrected chi connectivity index (χ1v) is 19.9. The van der Waals surface area contributed by atoms with Gasteiger partial charge < -0.3 is 9.32 Å². The Balaban J connectivity index is 1.20. The molecule has 270 valence electrons. The number of benzene rings is 8. The van der Waals surface area contributed by atoms with Gasteiger partial charge in [-0.05, 0) is 99.3 Å². The molecule has 2 nitrogen and oxygen atoms in total. The highest BCUT2D eigenvalue weighted by Gasteiger charge is 2.49. The lowest BCUT2D eigenvalue weighted by Gasteiger charge is -2.40. The molecule has 8 aromatic carbocycles. The molecule has 9 aromatic rings. The van der Waals surface area contributed by atoms with Gasteiger partial charge in [-0.3, -0.25) is 0 Å². The first-order valence-electron chi connectivity index (χ1n) is 19.9. The summed E-state index contributed by atoms with van der Waals surface area (Å²) in [6.45, 7) is 0. The summed E-state index contributed by atoms with van der Waals surface area (Å²) >= 11 is 0. The lowest BCUT2D eigenvalue weighted by molar-refractivity contribution is 0.457. The van der Waals surface area contributed by atoms with Crippen LogP contribution in [-0.4, -0.2) is 0 Å². The Hall–Kier alpha value is -7.16. The molecule has 0 saturated carbocycles. The van der Waals surface area contributed by atoms with E-state index >= 15 is 0 Å². The molecule has 2 heteroatoms. The van der Waals surface area contributed by atoms with Gasteiger partial charge in [0, 0.05) is 27.7 Å². The van der Waals surface area contributed by atoms with E-state index in [2.05, 4.69) is 217 Å². The molecule has 0 spiro atoms. The van der Waals surface area contributed by atoms with E-state index in [1.54, 1.807) is 0 Å². The van der Waals surface area contributed by atoms with E-state index in [9.17, 15) is 0 Å². The molecule has 0 fully saturated rings. The summed E-state index contributed by atoms with van der Waals surface area (Å²) in [5, 5.41) is 2.23. The molecular formula is C55H39NO. The lowest BCUT2D eigenvalue weighted by atomic mass is 9.62. The Bertz CT molecular complexity index is 2980. The molecule has 0 radical (unpaired) electrons. The molecule has 1 aromatic heterocycles. The second-order valence-electron chi connectivity index (χ2n) is 15.2. The van der Waals surface area contributed by atoms with Crippen LogP contribution in [0.5, 0.6) is 0 Å². The van der Waals surface area contributed by atoms with E-state index in [0.717, 1.165) is 56.5 Å². The number of allylic oxidation sites excluding steroid dienone is 4. The SMILES string of the molecule is C1=CCC(C2(c3ccccc3)c3ccccc3-c3ccc(N(c4ccc(-c5ccccc5)cc4)c4ccc5c(oc6ccccc65)c4-c4ccccc4)cc32)C=C1. The second kappa shape index (κ2) is 13.5. The highest BCUT2D eigenvalue weighted by atomic mass is 16.3. The van der Waals surface area contributed by atoms with Gasteiger partial charge in [-0.25, -0.2) is 0 Å². The summed E-state index contributed by atoms with van der Waals surface area (Å²) in [6.07, 6.45) is 10.1. The number of nitrogens with zero attached hydrogens (tertiary/aromatic N) is 1. The van der Waals surface area contributed by atoms with Crippen LogP contribution < -0.4 is 4.90 Å². The van der Waals surface area contributed by atoms with Crippen molar-refractivity contribution in [3.05, 3.63) is 235 Å². The molecule has 2 aliphatic carbocycles. The zero-order chi connectivity index (χ0) is 37.8. The number of anilines is 3. The Morgan fingerprint density at radius 2 is 1.14 bits per heavy atom. The van der Waals surface area contributed by atoms with Crippen molar-refractivity contribution in [3.8, 4) is 33.4 Å². The minimum atomic E-state index is -0.391. The van der Waals surface area contributed by atoms with E-state index in [4.69, 9.17) is 4.42 Å². The van der Waals surface area contributed by atoms with Crippen LogP contribution in [-0.2, 0) is 5.41 Å². The number of para-hydroxylation sites is 1. The van der Waals surface area contributed by atoms with Crippen molar-refractivity contribution in [2.75, 3.05) is 4.90 Å².